The Morgan fingerprint density at radius 2 is 2.21 bits per heavy atom. The van der Waals surface area contributed by atoms with Gasteiger partial charge in [-0.1, -0.05) is 0 Å². The summed E-state index contributed by atoms with van der Waals surface area (Å²) >= 11 is 5.42. The van der Waals surface area contributed by atoms with Gasteiger partial charge in [0.2, 0.25) is 0 Å². The van der Waals surface area contributed by atoms with Crippen molar-refractivity contribution in [3.05, 3.63) is 24.3 Å². The summed E-state index contributed by atoms with van der Waals surface area (Å²) in [7, 11) is 1.65. The van der Waals surface area contributed by atoms with Gasteiger partial charge in [-0.05, 0) is 55.2 Å². The molecule has 1 aliphatic heterocycles. The van der Waals surface area contributed by atoms with E-state index >= 15 is 0 Å². The number of aliphatic hydroxyl groups excluding tert-OH is 1. The van der Waals surface area contributed by atoms with Crippen molar-refractivity contribution in [1.29, 1.82) is 0 Å². The van der Waals surface area contributed by atoms with Crippen LogP contribution in [0.2, 0.25) is 0 Å². The molecule has 4 nitrogen and oxygen atoms in total. The zero-order chi connectivity index (χ0) is 13.7. The molecular formula is C14H20N2O2S. The van der Waals surface area contributed by atoms with E-state index in [1.807, 2.05) is 24.3 Å². The lowest BCUT2D eigenvalue weighted by molar-refractivity contribution is 0.162. The van der Waals surface area contributed by atoms with E-state index in [0.717, 1.165) is 42.5 Å². The van der Waals surface area contributed by atoms with E-state index in [9.17, 15) is 5.11 Å². The van der Waals surface area contributed by atoms with Gasteiger partial charge in [-0.3, -0.25) is 0 Å². The first-order valence-corrected chi connectivity index (χ1v) is 6.94. The predicted molar refractivity (Wildman–Crippen MR) is 80.6 cm³/mol. The molecule has 0 aromatic heterocycles. The van der Waals surface area contributed by atoms with Crippen LogP contribution < -0.4 is 10.1 Å². The summed E-state index contributed by atoms with van der Waals surface area (Å²) in [6.45, 7) is 2.03. The van der Waals surface area contributed by atoms with Crippen molar-refractivity contribution in [3.63, 3.8) is 0 Å². The number of aliphatic hydroxyl groups is 1. The van der Waals surface area contributed by atoms with E-state index < -0.39 is 0 Å². The number of methoxy groups -OCH3 is 1. The zero-order valence-electron chi connectivity index (χ0n) is 11.1. The Bertz CT molecular complexity index is 422. The molecule has 1 heterocycles. The molecule has 1 aliphatic rings. The van der Waals surface area contributed by atoms with Crippen LogP contribution in [0, 0.1) is 5.92 Å². The fraction of sp³-hybridized carbons (Fsp3) is 0.500. The minimum atomic E-state index is 0.238. The van der Waals surface area contributed by atoms with Crippen LogP contribution in [-0.4, -0.2) is 41.9 Å². The maximum atomic E-state index is 9.23. The minimum Gasteiger partial charge on any atom is -0.497 e. The van der Waals surface area contributed by atoms with Crippen LogP contribution >= 0.6 is 12.2 Å². The average Bonchev–Trinajstić information content (AvgIpc) is 2.48. The lowest BCUT2D eigenvalue weighted by Crippen LogP contribution is -2.43. The van der Waals surface area contributed by atoms with Crippen molar-refractivity contribution in [2.75, 3.05) is 32.1 Å². The summed E-state index contributed by atoms with van der Waals surface area (Å²) in [6.07, 6.45) is 2.16. The summed E-state index contributed by atoms with van der Waals surface area (Å²) in [4.78, 5) is 2.13. The third-order valence-corrected chi connectivity index (χ3v) is 3.77. The topological polar surface area (TPSA) is 44.7 Å². The van der Waals surface area contributed by atoms with Crippen LogP contribution in [0.5, 0.6) is 5.75 Å². The molecule has 1 saturated heterocycles. The molecule has 1 aromatic carbocycles. The van der Waals surface area contributed by atoms with Gasteiger partial charge in [0.05, 0.1) is 7.11 Å². The summed E-state index contributed by atoms with van der Waals surface area (Å²) in [5.74, 6) is 1.17. The molecule has 1 aromatic rings. The second-order valence-corrected chi connectivity index (χ2v) is 5.18. The van der Waals surface area contributed by atoms with Crippen LogP contribution in [0.4, 0.5) is 5.69 Å². The Morgan fingerprint density at radius 3 is 2.84 bits per heavy atom. The third kappa shape index (κ3) is 3.81. The minimum absolute atomic E-state index is 0.238. The maximum Gasteiger partial charge on any atom is 0.173 e. The first-order valence-electron chi connectivity index (χ1n) is 6.53. The van der Waals surface area contributed by atoms with Crippen LogP contribution in [0.15, 0.2) is 24.3 Å². The Kier molecular flexibility index (Phi) is 4.99. The van der Waals surface area contributed by atoms with Crippen molar-refractivity contribution < 1.29 is 9.84 Å². The Labute approximate surface area is 119 Å². The number of anilines is 1. The first-order chi connectivity index (χ1) is 9.22. The van der Waals surface area contributed by atoms with Crippen LogP contribution in [0.1, 0.15) is 12.8 Å². The molecule has 5 heteroatoms. The first kappa shape index (κ1) is 14.1. The molecule has 104 valence electrons. The zero-order valence-corrected chi connectivity index (χ0v) is 11.9. The number of hydrogen-bond acceptors (Lipinski definition) is 3. The van der Waals surface area contributed by atoms with Gasteiger partial charge in [-0.2, -0.15) is 0 Å². The molecule has 2 N–H and O–H groups in total. The molecular weight excluding hydrogens is 260 g/mol. The second kappa shape index (κ2) is 6.73. The molecule has 0 unspecified atom stereocenters. The number of rotatable bonds is 3. The Hall–Kier alpha value is -1.33. The van der Waals surface area contributed by atoms with Gasteiger partial charge in [0.1, 0.15) is 5.75 Å². The molecule has 2 rings (SSSR count). The van der Waals surface area contributed by atoms with Crippen LogP contribution in [-0.2, 0) is 0 Å². The van der Waals surface area contributed by atoms with Crippen LogP contribution in [0.3, 0.4) is 0 Å². The SMILES string of the molecule is COc1ccc(NC(=S)N2CCC[C@@H](CO)C2)cc1. The quantitative estimate of drug-likeness (QED) is 0.830. The number of nitrogens with one attached hydrogen (secondary N) is 1. The van der Waals surface area contributed by atoms with Gasteiger partial charge in [-0.15, -0.1) is 0 Å². The molecule has 1 fully saturated rings. The highest BCUT2D eigenvalue weighted by atomic mass is 32.1. The summed E-state index contributed by atoms with van der Waals surface area (Å²) < 4.78 is 5.12. The predicted octanol–water partition coefficient (Wildman–Crippen LogP) is 2.10. The van der Waals surface area contributed by atoms with Gasteiger partial charge in [0, 0.05) is 25.4 Å². The van der Waals surface area contributed by atoms with Crippen molar-refractivity contribution in [3.8, 4) is 5.75 Å². The van der Waals surface area contributed by atoms with Gasteiger partial charge < -0.3 is 20.1 Å². The second-order valence-electron chi connectivity index (χ2n) is 4.80. The third-order valence-electron chi connectivity index (χ3n) is 3.41. The van der Waals surface area contributed by atoms with E-state index in [4.69, 9.17) is 17.0 Å². The van der Waals surface area contributed by atoms with Gasteiger partial charge in [-0.25, -0.2) is 0 Å². The summed E-state index contributed by atoms with van der Waals surface area (Å²) in [6, 6.07) is 7.69. The highest BCUT2D eigenvalue weighted by Crippen LogP contribution is 2.19. The molecule has 0 spiro atoms. The van der Waals surface area contributed by atoms with Gasteiger partial charge in [0.25, 0.3) is 0 Å². The fourth-order valence-electron chi connectivity index (χ4n) is 2.28. The Balaban J connectivity index is 1.92. The van der Waals surface area contributed by atoms with E-state index in [1.165, 1.54) is 0 Å². The monoisotopic (exact) mass is 280 g/mol. The lowest BCUT2D eigenvalue weighted by atomic mass is 9.99. The van der Waals surface area contributed by atoms with Crippen molar-refractivity contribution in [1.82, 2.24) is 4.90 Å². The fourth-order valence-corrected chi connectivity index (χ4v) is 2.56. The summed E-state index contributed by atoms with van der Waals surface area (Å²) in [5.41, 5.74) is 0.955. The van der Waals surface area contributed by atoms with E-state index in [-0.39, 0.29) is 6.61 Å². The van der Waals surface area contributed by atoms with Crippen molar-refractivity contribution in [2.45, 2.75) is 12.8 Å². The van der Waals surface area contributed by atoms with Crippen molar-refractivity contribution in [2.24, 2.45) is 5.92 Å². The molecule has 0 saturated carbocycles. The number of nitrogens with zero attached hydrogens (tertiary/aromatic N) is 1. The van der Waals surface area contributed by atoms with E-state index in [1.54, 1.807) is 7.11 Å². The molecule has 0 aliphatic carbocycles. The number of ether oxygens (including phenoxy) is 1. The highest BCUT2D eigenvalue weighted by Gasteiger charge is 2.20. The summed E-state index contributed by atoms with van der Waals surface area (Å²) in [5, 5.41) is 13.2. The number of benzene rings is 1. The number of hydrogen-bond donors (Lipinski definition) is 2. The van der Waals surface area contributed by atoms with Crippen LogP contribution in [0.25, 0.3) is 0 Å². The van der Waals surface area contributed by atoms with E-state index in [2.05, 4.69) is 10.2 Å². The highest BCUT2D eigenvalue weighted by molar-refractivity contribution is 7.80. The molecule has 0 bridgehead atoms. The Morgan fingerprint density at radius 1 is 1.47 bits per heavy atom. The molecule has 1 atom stereocenters. The number of likely N-dealkylation sites (tertiary alicyclic amines) is 1. The van der Waals surface area contributed by atoms with Gasteiger partial charge >= 0.3 is 0 Å². The molecule has 0 amide bonds. The standard InChI is InChI=1S/C14H20N2O2S/c1-18-13-6-4-12(5-7-13)15-14(19)16-8-2-3-11(9-16)10-17/h4-7,11,17H,2-3,8-10H2,1H3,(H,15,19)/t11-/m1/s1. The smallest absolute Gasteiger partial charge is 0.173 e. The largest absolute Gasteiger partial charge is 0.497 e. The normalized spacial score (nSPS) is 19.1. The molecule has 0 radical (unpaired) electrons. The maximum absolute atomic E-state index is 9.23. The average molecular weight is 280 g/mol. The molecule has 19 heavy (non-hydrogen) atoms. The number of piperidine rings is 1. The van der Waals surface area contributed by atoms with Crippen molar-refractivity contribution >= 4 is 23.0 Å². The van der Waals surface area contributed by atoms with Gasteiger partial charge in [0.15, 0.2) is 5.11 Å². The lowest BCUT2D eigenvalue weighted by Gasteiger charge is -2.33. The number of thiocarbonyl (C=S) groups is 1. The van der Waals surface area contributed by atoms with E-state index in [0.29, 0.717) is 5.92 Å².